The number of benzene rings is 3. The molecule has 0 aromatic heterocycles. The van der Waals surface area contributed by atoms with E-state index in [0.717, 1.165) is 0 Å². The molecule has 3 aromatic carbocycles. The van der Waals surface area contributed by atoms with Crippen LogP contribution in [0.15, 0.2) is 91.0 Å². The first-order chi connectivity index (χ1) is 10.8. The van der Waals surface area contributed by atoms with E-state index in [4.69, 9.17) is 0 Å². The molecular formula is C21H22Sb. The van der Waals surface area contributed by atoms with Gasteiger partial charge in [-0.2, -0.15) is 0 Å². The summed E-state index contributed by atoms with van der Waals surface area (Å²) in [6.45, 7) is 4.80. The van der Waals surface area contributed by atoms with Crippen molar-refractivity contribution in [1.82, 2.24) is 0 Å². The van der Waals surface area contributed by atoms with Crippen LogP contribution in [0.5, 0.6) is 0 Å². The van der Waals surface area contributed by atoms with Crippen molar-refractivity contribution >= 4 is 29.3 Å². The Morgan fingerprint density at radius 3 is 1.00 bits per heavy atom. The van der Waals surface area contributed by atoms with Gasteiger partial charge in [-0.05, 0) is 0 Å². The topological polar surface area (TPSA) is 0 Å². The standard InChI is InChI=1S/3C6H5.C3H7.Sb/c3*1-2-4-6-5-3-1;1-3-2;/h3*1-5H;3H,1-2H3;. The van der Waals surface area contributed by atoms with Gasteiger partial charge in [0.05, 0.1) is 0 Å². The van der Waals surface area contributed by atoms with Crippen molar-refractivity contribution in [3.05, 3.63) is 91.0 Å². The Balaban J connectivity index is 2.34. The van der Waals surface area contributed by atoms with Gasteiger partial charge in [-0.1, -0.05) is 0 Å². The minimum atomic E-state index is -2.83. The molecule has 0 saturated heterocycles. The summed E-state index contributed by atoms with van der Waals surface area (Å²) < 4.78 is 5.29. The molecule has 1 heteroatoms. The molecule has 0 atom stereocenters. The van der Waals surface area contributed by atoms with E-state index in [1.807, 2.05) is 0 Å². The van der Waals surface area contributed by atoms with Gasteiger partial charge in [-0.3, -0.25) is 0 Å². The number of rotatable bonds is 4. The summed E-state index contributed by atoms with van der Waals surface area (Å²) in [5, 5.41) is 0. The van der Waals surface area contributed by atoms with Crippen LogP contribution in [-0.2, 0) is 0 Å². The average molecular weight is 396 g/mol. The molecule has 0 bridgehead atoms. The molecule has 0 unspecified atom stereocenters. The Labute approximate surface area is 137 Å². The maximum atomic E-state index is 2.40. The molecule has 3 rings (SSSR count). The first-order valence-electron chi connectivity index (χ1n) is 7.82. The molecular weight excluding hydrogens is 374 g/mol. The minimum absolute atomic E-state index is 0.644. The van der Waals surface area contributed by atoms with Gasteiger partial charge in [0.25, 0.3) is 0 Å². The van der Waals surface area contributed by atoms with Crippen molar-refractivity contribution in [3.8, 4) is 0 Å². The zero-order valence-corrected chi connectivity index (χ0v) is 15.7. The fraction of sp³-hybridized carbons (Fsp3) is 0.143. The molecule has 3 aromatic rings. The summed E-state index contributed by atoms with van der Waals surface area (Å²) >= 11 is -2.83. The zero-order valence-electron chi connectivity index (χ0n) is 13.2. The quantitative estimate of drug-likeness (QED) is 0.592. The third-order valence-electron chi connectivity index (χ3n) is 4.26. The fourth-order valence-corrected chi connectivity index (χ4v) is 16.5. The SMILES string of the molecule is C[CH](C)[Sb]([c]1ccccc1)([c]1ccccc1)[c]1ccccc1. The van der Waals surface area contributed by atoms with E-state index in [2.05, 4.69) is 105 Å². The van der Waals surface area contributed by atoms with Crippen LogP contribution in [0.4, 0.5) is 0 Å². The van der Waals surface area contributed by atoms with Crippen LogP contribution in [0.1, 0.15) is 13.8 Å². The van der Waals surface area contributed by atoms with Gasteiger partial charge >= 0.3 is 138 Å². The van der Waals surface area contributed by atoms with Crippen molar-refractivity contribution in [3.63, 3.8) is 0 Å². The van der Waals surface area contributed by atoms with Crippen LogP contribution in [0.3, 0.4) is 0 Å². The molecule has 0 amide bonds. The van der Waals surface area contributed by atoms with E-state index in [9.17, 15) is 0 Å². The van der Waals surface area contributed by atoms with Crippen molar-refractivity contribution in [2.45, 2.75) is 17.7 Å². The van der Waals surface area contributed by atoms with Gasteiger partial charge < -0.3 is 0 Å². The van der Waals surface area contributed by atoms with E-state index in [1.54, 1.807) is 10.5 Å². The molecule has 0 heterocycles. The molecule has 0 aliphatic rings. The second-order valence-corrected chi connectivity index (χ2v) is 17.3. The molecule has 0 fully saturated rings. The van der Waals surface area contributed by atoms with Gasteiger partial charge in [-0.25, -0.2) is 0 Å². The second kappa shape index (κ2) is 6.71. The van der Waals surface area contributed by atoms with Crippen molar-refractivity contribution in [1.29, 1.82) is 0 Å². The number of hydrogen-bond acceptors (Lipinski definition) is 0. The van der Waals surface area contributed by atoms with Crippen LogP contribution in [0.25, 0.3) is 0 Å². The first-order valence-corrected chi connectivity index (χ1v) is 13.1. The third kappa shape index (κ3) is 2.61. The Morgan fingerprint density at radius 1 is 0.500 bits per heavy atom. The predicted octanol–water partition coefficient (Wildman–Crippen LogP) is 3.57. The van der Waals surface area contributed by atoms with Crippen LogP contribution >= 0.6 is 0 Å². The van der Waals surface area contributed by atoms with E-state index in [1.165, 1.54) is 0 Å². The molecule has 0 aliphatic heterocycles. The van der Waals surface area contributed by atoms with Crippen LogP contribution in [0, 0.1) is 0 Å². The van der Waals surface area contributed by atoms with Crippen molar-refractivity contribution < 1.29 is 0 Å². The van der Waals surface area contributed by atoms with Gasteiger partial charge in [-0.15, -0.1) is 0 Å². The Morgan fingerprint density at radius 2 is 0.773 bits per heavy atom. The fourth-order valence-electron chi connectivity index (χ4n) is 3.33. The molecule has 0 saturated carbocycles. The van der Waals surface area contributed by atoms with Gasteiger partial charge in [0.15, 0.2) is 0 Å². The molecule has 0 aliphatic carbocycles. The summed E-state index contributed by atoms with van der Waals surface area (Å²) in [4.78, 5) is 0. The summed E-state index contributed by atoms with van der Waals surface area (Å²) in [7, 11) is 0. The normalized spacial score (nSPS) is 11.6. The van der Waals surface area contributed by atoms with Gasteiger partial charge in [0.2, 0.25) is 0 Å². The monoisotopic (exact) mass is 395 g/mol. The van der Waals surface area contributed by atoms with Crippen LogP contribution < -0.4 is 10.5 Å². The summed E-state index contributed by atoms with van der Waals surface area (Å²) in [5.74, 6) is 0. The third-order valence-corrected chi connectivity index (χ3v) is 18.2. The second-order valence-electron chi connectivity index (χ2n) is 5.82. The zero-order chi connectivity index (χ0) is 15.4. The van der Waals surface area contributed by atoms with Crippen molar-refractivity contribution in [2.75, 3.05) is 0 Å². The van der Waals surface area contributed by atoms with E-state index < -0.39 is 18.8 Å². The first kappa shape index (κ1) is 15.4. The molecule has 22 heavy (non-hydrogen) atoms. The summed E-state index contributed by atoms with van der Waals surface area (Å²) in [6.07, 6.45) is 0. The van der Waals surface area contributed by atoms with Crippen LogP contribution in [-0.4, -0.2) is 18.8 Å². The van der Waals surface area contributed by atoms with Crippen LogP contribution in [0.2, 0.25) is 3.86 Å². The predicted molar refractivity (Wildman–Crippen MR) is 99.1 cm³/mol. The molecule has 1 radical (unpaired) electrons. The van der Waals surface area contributed by atoms with E-state index >= 15 is 0 Å². The van der Waals surface area contributed by atoms with Gasteiger partial charge in [0.1, 0.15) is 0 Å². The van der Waals surface area contributed by atoms with Crippen molar-refractivity contribution in [2.24, 2.45) is 0 Å². The molecule has 0 spiro atoms. The van der Waals surface area contributed by atoms with E-state index in [0.29, 0.717) is 3.86 Å². The van der Waals surface area contributed by atoms with E-state index in [-0.39, 0.29) is 0 Å². The Kier molecular flexibility index (Phi) is 4.69. The molecule has 111 valence electrons. The maximum absolute atomic E-state index is 2.83. The average Bonchev–Trinajstić information content (AvgIpc) is 2.58. The molecule has 0 nitrogen and oxygen atoms in total. The summed E-state index contributed by atoms with van der Waals surface area (Å²) in [6, 6.07) is 33.5. The van der Waals surface area contributed by atoms with Gasteiger partial charge in [0, 0.05) is 0 Å². The molecule has 0 N–H and O–H groups in total. The number of hydrogen-bond donors (Lipinski definition) is 0. The summed E-state index contributed by atoms with van der Waals surface area (Å²) in [5.41, 5.74) is 0. The Hall–Kier alpha value is -1.52. The Bertz CT molecular complexity index is 606.